The fraction of sp³-hybridized carbons (Fsp3) is 0.452. The number of hydrogen-bond donors (Lipinski definition) is 2. The minimum Gasteiger partial charge on any atom is -0.461 e. The number of thiophene rings is 1. The molecule has 0 saturated carbocycles. The monoisotopic (exact) mass is 643 g/mol. The Balaban J connectivity index is 1.32. The number of piperazine rings is 1. The van der Waals surface area contributed by atoms with Crippen LogP contribution in [-0.2, 0) is 0 Å². The number of nitrogens with two attached hydrogens (primary N) is 1. The Labute approximate surface area is 266 Å². The summed E-state index contributed by atoms with van der Waals surface area (Å²) in [5.74, 6) is -1.29. The van der Waals surface area contributed by atoms with Crippen molar-refractivity contribution in [2.45, 2.75) is 55.9 Å². The number of anilines is 2. The van der Waals surface area contributed by atoms with Crippen LogP contribution in [0.5, 0.6) is 6.01 Å². The maximum absolute atomic E-state index is 17.0. The van der Waals surface area contributed by atoms with Crippen LogP contribution in [0.2, 0.25) is 5.02 Å². The number of ether oxygens (including phenoxy) is 1. The van der Waals surface area contributed by atoms with Crippen molar-refractivity contribution in [1.82, 2.24) is 20.2 Å². The number of benzene rings is 2. The molecule has 13 heteroatoms. The van der Waals surface area contributed by atoms with Crippen molar-refractivity contribution >= 4 is 54.7 Å². The highest BCUT2D eigenvalue weighted by Crippen LogP contribution is 2.46. The zero-order valence-corrected chi connectivity index (χ0v) is 24.8. The summed E-state index contributed by atoms with van der Waals surface area (Å²) in [5, 5.41) is 13.7. The lowest BCUT2D eigenvalue weighted by Crippen LogP contribution is -2.51. The smallest absolute Gasteiger partial charge is 0.319 e. The number of nitriles is 1. The first-order valence-corrected chi connectivity index (χ1v) is 15.6. The van der Waals surface area contributed by atoms with Gasteiger partial charge in [-0.2, -0.15) is 15.2 Å². The molecule has 44 heavy (non-hydrogen) atoms. The van der Waals surface area contributed by atoms with Crippen LogP contribution in [0.1, 0.15) is 43.2 Å². The first-order chi connectivity index (χ1) is 22.7. The molecule has 0 amide bonds. The second-order valence-electron chi connectivity index (χ2n) is 11.9. The fourth-order valence-corrected chi connectivity index (χ4v) is 8.47. The molecular weight excluding hydrogens is 611 g/mol. The fourth-order valence-electron chi connectivity index (χ4n) is 7.23. The summed E-state index contributed by atoms with van der Waals surface area (Å²) >= 11 is 7.67. The van der Waals surface area contributed by atoms with Gasteiger partial charge in [0.1, 0.15) is 41.0 Å². The molecular formula is C31H29ClF3N7OS. The van der Waals surface area contributed by atoms with E-state index in [-0.39, 0.29) is 91.4 Å². The Bertz CT molecular complexity index is 2050. The lowest BCUT2D eigenvalue weighted by molar-refractivity contribution is 0.107. The van der Waals surface area contributed by atoms with Crippen molar-refractivity contribution in [2.24, 2.45) is 0 Å². The Hall–Kier alpha value is -3.37. The lowest BCUT2D eigenvalue weighted by atomic mass is 9.95. The molecule has 4 fully saturated rings. The molecule has 228 valence electrons. The van der Waals surface area contributed by atoms with E-state index in [9.17, 15) is 14.0 Å². The van der Waals surface area contributed by atoms with Gasteiger partial charge in [0.15, 0.2) is 5.82 Å². The van der Waals surface area contributed by atoms with Gasteiger partial charge in [0.25, 0.3) is 0 Å². The van der Waals surface area contributed by atoms with Gasteiger partial charge in [-0.15, -0.1) is 11.3 Å². The third-order valence-electron chi connectivity index (χ3n) is 9.19. The molecule has 3 N–H and O–H groups in total. The Kier molecular flexibility index (Phi) is 5.63. The second-order valence-corrected chi connectivity index (χ2v) is 13.3. The van der Waals surface area contributed by atoms with E-state index >= 15 is 4.39 Å². The van der Waals surface area contributed by atoms with E-state index in [1.54, 1.807) is 0 Å². The Morgan fingerprint density at radius 3 is 2.84 bits per heavy atom. The summed E-state index contributed by atoms with van der Waals surface area (Å²) in [6, 6.07) is 5.74. The van der Waals surface area contributed by atoms with E-state index in [4.69, 9.17) is 27.6 Å². The minimum absolute atomic E-state index is 0.00526. The number of aromatic nitrogens is 2. The molecule has 2 bridgehead atoms. The van der Waals surface area contributed by atoms with Gasteiger partial charge in [0, 0.05) is 57.2 Å². The van der Waals surface area contributed by atoms with Gasteiger partial charge in [-0.25, -0.2) is 13.2 Å². The van der Waals surface area contributed by atoms with E-state index in [1.165, 1.54) is 17.0 Å². The zero-order valence-electron chi connectivity index (χ0n) is 27.3. The summed E-state index contributed by atoms with van der Waals surface area (Å²) in [7, 11) is 0. The van der Waals surface area contributed by atoms with Crippen LogP contribution >= 0.6 is 22.9 Å². The molecule has 8 nitrogen and oxygen atoms in total. The molecule has 2 aromatic heterocycles. The molecule has 4 aliphatic heterocycles. The van der Waals surface area contributed by atoms with Gasteiger partial charge in [-0.05, 0) is 49.9 Å². The lowest BCUT2D eigenvalue weighted by Gasteiger charge is -2.34. The highest BCUT2D eigenvalue weighted by Gasteiger charge is 2.49. The Morgan fingerprint density at radius 1 is 1.27 bits per heavy atom. The first-order valence-electron chi connectivity index (χ1n) is 16.5. The molecule has 0 spiro atoms. The maximum Gasteiger partial charge on any atom is 0.319 e. The topological polar surface area (TPSA) is 103 Å². The molecule has 6 heterocycles. The van der Waals surface area contributed by atoms with Crippen LogP contribution in [0, 0.1) is 23.0 Å². The predicted molar refractivity (Wildman–Crippen MR) is 165 cm³/mol. The standard InChI is InChI=1S/C31H29ClF3N7OS/c32-21-8-19-26(25(35)24(21)18-4-5-22(34)27-23(18)20(10-36)28(37)44-27)39-30(40-29(19)41-12-16-2-3-17(13-41)38-16)43-14-31-6-1-7-42(31)11-15(33)9-31/h4-5,8,15-17,38H,1-3,6-7,9,11-14,37H2/t15-,16-,17+,31+/m1/s1/i7D2,14D2. The molecule has 4 saturated heterocycles. The molecule has 0 unspecified atom stereocenters. The van der Waals surface area contributed by atoms with Crippen LogP contribution in [-0.4, -0.2) is 71.4 Å². The average Bonchev–Trinajstić information content (AvgIpc) is 3.74. The maximum atomic E-state index is 17.0. The van der Waals surface area contributed by atoms with Crippen molar-refractivity contribution in [3.8, 4) is 23.2 Å². The number of nitrogens with zero attached hydrogens (tertiary/aromatic N) is 5. The van der Waals surface area contributed by atoms with Gasteiger partial charge in [-0.1, -0.05) is 17.7 Å². The molecule has 0 radical (unpaired) electrons. The normalized spacial score (nSPS) is 29.3. The van der Waals surface area contributed by atoms with Gasteiger partial charge < -0.3 is 20.7 Å². The molecule has 4 aliphatic rings. The van der Waals surface area contributed by atoms with Crippen molar-refractivity contribution in [1.29, 1.82) is 5.26 Å². The largest absolute Gasteiger partial charge is 0.461 e. The van der Waals surface area contributed by atoms with E-state index in [2.05, 4.69) is 15.3 Å². The van der Waals surface area contributed by atoms with E-state index in [1.807, 2.05) is 11.0 Å². The molecule has 0 aliphatic carbocycles. The van der Waals surface area contributed by atoms with Crippen LogP contribution in [0.25, 0.3) is 32.1 Å². The highest BCUT2D eigenvalue weighted by molar-refractivity contribution is 7.23. The number of alkyl halides is 1. The zero-order chi connectivity index (χ0) is 33.9. The van der Waals surface area contributed by atoms with Crippen molar-refractivity contribution in [2.75, 3.05) is 43.3 Å². The summed E-state index contributed by atoms with van der Waals surface area (Å²) in [6.45, 7) is -3.86. The number of nitrogen functional groups attached to an aromatic ring is 1. The quantitative estimate of drug-likeness (QED) is 0.282. The number of rotatable bonds is 5. The van der Waals surface area contributed by atoms with Crippen LogP contribution in [0.3, 0.4) is 0 Å². The van der Waals surface area contributed by atoms with Crippen LogP contribution < -0.4 is 20.7 Å². The summed E-state index contributed by atoms with van der Waals surface area (Å²) < 4.78 is 87.5. The van der Waals surface area contributed by atoms with Crippen molar-refractivity contribution in [3.63, 3.8) is 0 Å². The number of fused-ring (bicyclic) bond motifs is 5. The SMILES string of the molecule is [2H]C1([2H])CC[C@@]2(C([2H])([2H])Oc3nc(N4C[C@H]5CC[C@@H](C4)N5)c4cc(Cl)c(-c5ccc(F)c6sc(N)c(C#N)c56)c(F)c4n3)C[C@@H](F)CN12. The highest BCUT2D eigenvalue weighted by atomic mass is 35.5. The number of halogens is 4. The summed E-state index contributed by atoms with van der Waals surface area (Å²) in [5.41, 5.74) is 4.10. The molecule has 2 aromatic carbocycles. The summed E-state index contributed by atoms with van der Waals surface area (Å²) in [4.78, 5) is 12.1. The van der Waals surface area contributed by atoms with Crippen LogP contribution in [0.4, 0.5) is 24.0 Å². The Morgan fingerprint density at radius 2 is 2.07 bits per heavy atom. The van der Waals surface area contributed by atoms with Gasteiger partial charge in [0.05, 0.1) is 23.6 Å². The van der Waals surface area contributed by atoms with Gasteiger partial charge >= 0.3 is 6.01 Å². The van der Waals surface area contributed by atoms with Crippen LogP contribution in [0.15, 0.2) is 18.2 Å². The van der Waals surface area contributed by atoms with E-state index < -0.39 is 42.4 Å². The second kappa shape index (κ2) is 10.3. The summed E-state index contributed by atoms with van der Waals surface area (Å²) in [6.07, 6.45) is 0.0889. The van der Waals surface area contributed by atoms with E-state index in [0.717, 1.165) is 30.2 Å². The minimum atomic E-state index is -2.67. The third kappa shape index (κ3) is 4.31. The predicted octanol–water partition coefficient (Wildman–Crippen LogP) is 5.79. The molecule has 8 rings (SSSR count). The van der Waals surface area contributed by atoms with Gasteiger partial charge in [0.2, 0.25) is 0 Å². The number of nitrogens with one attached hydrogen (secondary N) is 1. The van der Waals surface area contributed by atoms with E-state index in [0.29, 0.717) is 13.1 Å². The van der Waals surface area contributed by atoms with Crippen molar-refractivity contribution < 1.29 is 23.4 Å². The van der Waals surface area contributed by atoms with Crippen molar-refractivity contribution in [3.05, 3.63) is 40.4 Å². The first kappa shape index (κ1) is 23.9. The molecule has 4 atom stereocenters. The molecule has 4 aromatic rings. The average molecular weight is 644 g/mol. The number of hydrogen-bond acceptors (Lipinski definition) is 9. The van der Waals surface area contributed by atoms with Gasteiger partial charge in [-0.3, -0.25) is 4.90 Å². The third-order valence-corrected chi connectivity index (χ3v) is 10.5.